The number of anilines is 1. The molecule has 0 saturated carbocycles. The Morgan fingerprint density at radius 1 is 1.67 bits per heavy atom. The van der Waals surface area contributed by atoms with Crippen molar-refractivity contribution >= 4 is 12.0 Å². The summed E-state index contributed by atoms with van der Waals surface area (Å²) in [5, 5.41) is 9.90. The van der Waals surface area contributed by atoms with Crippen LogP contribution in [0.3, 0.4) is 0 Å². The SMILES string of the molecule is Nc1cnnnc1C=O. The van der Waals surface area contributed by atoms with Crippen LogP contribution in [0.4, 0.5) is 5.69 Å². The smallest absolute Gasteiger partial charge is 0.172 e. The van der Waals surface area contributed by atoms with Gasteiger partial charge in [-0.2, -0.15) is 0 Å². The first-order valence-corrected chi connectivity index (χ1v) is 2.23. The first-order valence-electron chi connectivity index (χ1n) is 2.23. The van der Waals surface area contributed by atoms with Gasteiger partial charge in [0.1, 0.15) is 0 Å². The molecular weight excluding hydrogens is 120 g/mol. The normalized spacial score (nSPS) is 8.89. The molecule has 0 aliphatic rings. The highest BCUT2D eigenvalue weighted by Crippen LogP contribution is 1.97. The molecule has 0 aromatic carbocycles. The van der Waals surface area contributed by atoms with Crippen molar-refractivity contribution in [2.75, 3.05) is 5.73 Å². The standard InChI is InChI=1S/C4H4N4O/c5-3-1-6-8-7-4(3)2-9/h1-2H,(H2,5,8). The van der Waals surface area contributed by atoms with Crippen LogP contribution in [0, 0.1) is 0 Å². The van der Waals surface area contributed by atoms with Gasteiger partial charge in [0.15, 0.2) is 12.0 Å². The summed E-state index contributed by atoms with van der Waals surface area (Å²) in [5.41, 5.74) is 5.61. The number of rotatable bonds is 1. The van der Waals surface area contributed by atoms with Crippen molar-refractivity contribution in [1.29, 1.82) is 0 Å². The molecule has 1 aromatic rings. The van der Waals surface area contributed by atoms with Gasteiger partial charge in [-0.3, -0.25) is 4.79 Å². The minimum Gasteiger partial charge on any atom is -0.396 e. The van der Waals surface area contributed by atoms with Crippen LogP contribution in [0.2, 0.25) is 0 Å². The fourth-order valence-corrected chi connectivity index (χ4v) is 0.378. The minimum absolute atomic E-state index is 0.130. The Kier molecular flexibility index (Phi) is 1.35. The topological polar surface area (TPSA) is 81.8 Å². The largest absolute Gasteiger partial charge is 0.396 e. The van der Waals surface area contributed by atoms with Crippen molar-refractivity contribution in [3.8, 4) is 0 Å². The van der Waals surface area contributed by atoms with Gasteiger partial charge in [-0.25, -0.2) is 0 Å². The molecule has 1 aromatic heterocycles. The molecule has 1 rings (SSSR count). The summed E-state index contributed by atoms with van der Waals surface area (Å²) < 4.78 is 0. The summed E-state index contributed by atoms with van der Waals surface area (Å²) in [4.78, 5) is 10.0. The fourth-order valence-electron chi connectivity index (χ4n) is 0.378. The van der Waals surface area contributed by atoms with Gasteiger partial charge in [-0.15, -0.1) is 10.2 Å². The number of carbonyl (C=O) groups is 1. The molecular formula is C4H4N4O. The lowest BCUT2D eigenvalue weighted by Gasteiger charge is -1.89. The second-order valence-corrected chi connectivity index (χ2v) is 1.39. The van der Waals surface area contributed by atoms with Gasteiger partial charge < -0.3 is 5.73 Å². The maximum absolute atomic E-state index is 10.0. The van der Waals surface area contributed by atoms with Gasteiger partial charge in [0.05, 0.1) is 11.9 Å². The van der Waals surface area contributed by atoms with E-state index in [4.69, 9.17) is 5.73 Å². The summed E-state index contributed by atoms with van der Waals surface area (Å²) in [6.45, 7) is 0. The number of carbonyl (C=O) groups excluding carboxylic acids is 1. The van der Waals surface area contributed by atoms with E-state index in [9.17, 15) is 4.79 Å². The highest BCUT2D eigenvalue weighted by molar-refractivity contribution is 5.79. The number of nitrogens with zero attached hydrogens (tertiary/aromatic N) is 3. The lowest BCUT2D eigenvalue weighted by molar-refractivity contribution is 0.111. The summed E-state index contributed by atoms with van der Waals surface area (Å²) in [7, 11) is 0. The van der Waals surface area contributed by atoms with E-state index in [-0.39, 0.29) is 11.4 Å². The average molecular weight is 124 g/mol. The predicted octanol–water partition coefficient (Wildman–Crippen LogP) is -0.734. The molecule has 5 heteroatoms. The van der Waals surface area contributed by atoms with E-state index in [2.05, 4.69) is 15.4 Å². The third-order valence-electron chi connectivity index (χ3n) is 0.808. The molecule has 0 saturated heterocycles. The Hall–Kier alpha value is -1.52. The van der Waals surface area contributed by atoms with Crippen LogP contribution in [0.25, 0.3) is 0 Å². The summed E-state index contributed by atoms with van der Waals surface area (Å²) in [6.07, 6.45) is 1.81. The number of hydrogen-bond acceptors (Lipinski definition) is 5. The van der Waals surface area contributed by atoms with Crippen LogP contribution in [0.5, 0.6) is 0 Å². The predicted molar refractivity (Wildman–Crippen MR) is 29.6 cm³/mol. The molecule has 1 heterocycles. The number of aldehydes is 1. The Morgan fingerprint density at radius 2 is 2.44 bits per heavy atom. The molecule has 0 unspecified atom stereocenters. The molecule has 0 radical (unpaired) electrons. The molecule has 0 fully saturated rings. The Morgan fingerprint density at radius 3 is 2.89 bits per heavy atom. The van der Waals surface area contributed by atoms with E-state index in [1.165, 1.54) is 6.20 Å². The highest BCUT2D eigenvalue weighted by atomic mass is 16.1. The van der Waals surface area contributed by atoms with E-state index >= 15 is 0 Å². The number of hydrogen-bond donors (Lipinski definition) is 1. The number of nitrogen functional groups attached to an aromatic ring is 1. The third-order valence-corrected chi connectivity index (χ3v) is 0.808. The van der Waals surface area contributed by atoms with Crippen molar-refractivity contribution < 1.29 is 4.79 Å². The third kappa shape index (κ3) is 0.987. The van der Waals surface area contributed by atoms with E-state index in [0.717, 1.165) is 0 Å². The van der Waals surface area contributed by atoms with Crippen LogP contribution in [0.1, 0.15) is 10.5 Å². The minimum atomic E-state index is 0.130. The summed E-state index contributed by atoms with van der Waals surface area (Å²) >= 11 is 0. The molecule has 0 bridgehead atoms. The van der Waals surface area contributed by atoms with Crippen LogP contribution in [-0.2, 0) is 0 Å². The molecule has 0 atom stereocenters. The van der Waals surface area contributed by atoms with Crippen LogP contribution < -0.4 is 5.73 Å². The van der Waals surface area contributed by atoms with Crippen molar-refractivity contribution in [3.63, 3.8) is 0 Å². The first-order chi connectivity index (χ1) is 4.34. The van der Waals surface area contributed by atoms with Gasteiger partial charge >= 0.3 is 0 Å². The van der Waals surface area contributed by atoms with Gasteiger partial charge in [0, 0.05) is 0 Å². The fraction of sp³-hybridized carbons (Fsp3) is 0. The maximum atomic E-state index is 10.0. The summed E-state index contributed by atoms with van der Waals surface area (Å²) in [5.74, 6) is 0. The van der Waals surface area contributed by atoms with Gasteiger partial charge in [-0.1, -0.05) is 0 Å². The van der Waals surface area contributed by atoms with Crippen molar-refractivity contribution in [2.24, 2.45) is 0 Å². The van der Waals surface area contributed by atoms with Crippen LogP contribution >= 0.6 is 0 Å². The van der Waals surface area contributed by atoms with E-state index in [1.807, 2.05) is 0 Å². The van der Waals surface area contributed by atoms with Crippen LogP contribution in [-0.4, -0.2) is 21.7 Å². The Labute approximate surface area is 50.9 Å². The first kappa shape index (κ1) is 5.61. The zero-order valence-electron chi connectivity index (χ0n) is 4.48. The maximum Gasteiger partial charge on any atom is 0.172 e. The van der Waals surface area contributed by atoms with Crippen molar-refractivity contribution in [3.05, 3.63) is 11.9 Å². The second-order valence-electron chi connectivity index (χ2n) is 1.39. The molecule has 0 aliphatic heterocycles. The molecule has 0 spiro atoms. The van der Waals surface area contributed by atoms with Gasteiger partial charge in [-0.05, 0) is 5.21 Å². The van der Waals surface area contributed by atoms with Crippen molar-refractivity contribution in [1.82, 2.24) is 15.4 Å². The second kappa shape index (κ2) is 2.17. The molecule has 0 aliphatic carbocycles. The Balaban J connectivity index is 3.15. The van der Waals surface area contributed by atoms with E-state index in [1.54, 1.807) is 0 Å². The highest BCUT2D eigenvalue weighted by Gasteiger charge is 1.95. The van der Waals surface area contributed by atoms with Gasteiger partial charge in [0.2, 0.25) is 0 Å². The zero-order chi connectivity index (χ0) is 6.69. The average Bonchev–Trinajstić information content (AvgIpc) is 1.89. The monoisotopic (exact) mass is 124 g/mol. The van der Waals surface area contributed by atoms with Crippen molar-refractivity contribution in [2.45, 2.75) is 0 Å². The quantitative estimate of drug-likeness (QED) is 0.499. The van der Waals surface area contributed by atoms with Crippen LogP contribution in [0.15, 0.2) is 6.20 Å². The summed E-state index contributed by atoms with van der Waals surface area (Å²) in [6, 6.07) is 0. The zero-order valence-corrected chi connectivity index (χ0v) is 4.48. The Bertz CT molecular complexity index is 224. The molecule has 9 heavy (non-hydrogen) atoms. The molecule has 5 nitrogen and oxygen atoms in total. The lowest BCUT2D eigenvalue weighted by Crippen LogP contribution is -1.99. The number of aromatic nitrogens is 3. The molecule has 46 valence electrons. The lowest BCUT2D eigenvalue weighted by atomic mass is 10.4. The van der Waals surface area contributed by atoms with Gasteiger partial charge in [0.25, 0.3) is 0 Å². The molecule has 2 N–H and O–H groups in total. The number of nitrogens with two attached hydrogens (primary N) is 1. The molecule has 0 amide bonds. The van der Waals surface area contributed by atoms with E-state index < -0.39 is 0 Å². The van der Waals surface area contributed by atoms with E-state index in [0.29, 0.717) is 6.29 Å².